The molecule has 0 bridgehead atoms. The summed E-state index contributed by atoms with van der Waals surface area (Å²) in [6, 6.07) is 3.27. The van der Waals surface area contributed by atoms with E-state index in [2.05, 4.69) is 10.3 Å². The van der Waals surface area contributed by atoms with Crippen molar-refractivity contribution in [2.75, 3.05) is 13.1 Å². The molecule has 0 saturated carbocycles. The van der Waals surface area contributed by atoms with Gasteiger partial charge in [-0.05, 0) is 31.4 Å². The molecule has 0 radical (unpaired) electrons. The van der Waals surface area contributed by atoms with Crippen molar-refractivity contribution < 1.29 is 12.8 Å². The number of rotatable bonds is 3. The Labute approximate surface area is 117 Å². The van der Waals surface area contributed by atoms with Gasteiger partial charge in [-0.15, -0.1) is 5.10 Å². The summed E-state index contributed by atoms with van der Waals surface area (Å²) < 4.78 is 33.1. The second-order valence-electron chi connectivity index (χ2n) is 4.80. The highest BCUT2D eigenvalue weighted by molar-refractivity contribution is 7.89. The van der Waals surface area contributed by atoms with Gasteiger partial charge < -0.3 is 4.42 Å². The van der Waals surface area contributed by atoms with Gasteiger partial charge in [-0.1, -0.05) is 5.21 Å². The number of hydrogen-bond donors (Lipinski definition) is 0. The van der Waals surface area contributed by atoms with E-state index in [0.29, 0.717) is 13.1 Å². The van der Waals surface area contributed by atoms with Gasteiger partial charge in [0.15, 0.2) is 0 Å². The number of aromatic nitrogens is 3. The first-order chi connectivity index (χ1) is 9.68. The Morgan fingerprint density at radius 2 is 2.20 bits per heavy atom. The molecule has 7 nitrogen and oxygen atoms in total. The lowest BCUT2D eigenvalue weighted by Crippen LogP contribution is -2.32. The second-order valence-corrected chi connectivity index (χ2v) is 6.67. The van der Waals surface area contributed by atoms with E-state index in [4.69, 9.17) is 4.42 Å². The standard InChI is InChI=1S/C12H16N4O3S/c17-20(18,12-4-2-10-19-12)15-7-1-3-11(5-8-15)16-9-6-13-14-16/h2,4,6,9-11H,1,3,5,7-8H2. The topological polar surface area (TPSA) is 81.2 Å². The van der Waals surface area contributed by atoms with Gasteiger partial charge >= 0.3 is 0 Å². The largest absolute Gasteiger partial charge is 0.452 e. The van der Waals surface area contributed by atoms with Gasteiger partial charge in [0.1, 0.15) is 0 Å². The quantitative estimate of drug-likeness (QED) is 0.852. The molecule has 108 valence electrons. The Morgan fingerprint density at radius 3 is 2.90 bits per heavy atom. The molecule has 3 rings (SSSR count). The van der Waals surface area contributed by atoms with Crippen LogP contribution < -0.4 is 0 Å². The first kappa shape index (κ1) is 13.3. The number of nitrogens with zero attached hydrogens (tertiary/aromatic N) is 4. The third-order valence-electron chi connectivity index (χ3n) is 3.56. The average molecular weight is 296 g/mol. The van der Waals surface area contributed by atoms with E-state index in [-0.39, 0.29) is 11.1 Å². The molecular formula is C12H16N4O3S. The molecule has 2 aromatic heterocycles. The van der Waals surface area contributed by atoms with Crippen LogP contribution in [0.2, 0.25) is 0 Å². The Morgan fingerprint density at radius 1 is 1.30 bits per heavy atom. The molecule has 1 aliphatic heterocycles. The first-order valence-corrected chi connectivity index (χ1v) is 8.01. The number of furan rings is 1. The van der Waals surface area contributed by atoms with Gasteiger partial charge in [0, 0.05) is 19.3 Å². The molecule has 1 aliphatic rings. The Kier molecular flexibility index (Phi) is 3.58. The predicted molar refractivity (Wildman–Crippen MR) is 70.4 cm³/mol. The lowest BCUT2D eigenvalue weighted by atomic mass is 10.1. The SMILES string of the molecule is O=S(=O)(c1ccco1)N1CCCC(n2ccnn2)CC1. The maximum Gasteiger partial charge on any atom is 0.276 e. The van der Waals surface area contributed by atoms with Gasteiger partial charge in [-0.25, -0.2) is 13.1 Å². The zero-order chi connectivity index (χ0) is 14.0. The fourth-order valence-electron chi connectivity index (χ4n) is 2.51. The number of sulfonamides is 1. The van der Waals surface area contributed by atoms with Crippen LogP contribution in [0.25, 0.3) is 0 Å². The minimum Gasteiger partial charge on any atom is -0.452 e. The second kappa shape index (κ2) is 5.37. The van der Waals surface area contributed by atoms with Crippen LogP contribution in [0.4, 0.5) is 0 Å². The van der Waals surface area contributed by atoms with Crippen molar-refractivity contribution in [2.24, 2.45) is 0 Å². The third kappa shape index (κ3) is 2.48. The van der Waals surface area contributed by atoms with E-state index in [9.17, 15) is 8.42 Å². The fourth-order valence-corrected chi connectivity index (χ4v) is 3.90. The molecule has 8 heteroatoms. The van der Waals surface area contributed by atoms with Crippen molar-refractivity contribution in [1.82, 2.24) is 19.3 Å². The minimum absolute atomic E-state index is 0.0108. The maximum absolute atomic E-state index is 12.4. The molecule has 3 heterocycles. The molecule has 1 unspecified atom stereocenters. The molecule has 0 spiro atoms. The average Bonchev–Trinajstić information content (AvgIpc) is 3.08. The summed E-state index contributed by atoms with van der Waals surface area (Å²) in [5.41, 5.74) is 0. The van der Waals surface area contributed by atoms with Crippen LogP contribution in [0.5, 0.6) is 0 Å². The summed E-state index contributed by atoms with van der Waals surface area (Å²) in [5, 5.41) is 7.81. The van der Waals surface area contributed by atoms with Gasteiger partial charge in [-0.3, -0.25) is 0 Å². The van der Waals surface area contributed by atoms with Crippen molar-refractivity contribution in [3.8, 4) is 0 Å². The predicted octanol–water partition coefficient (Wildman–Crippen LogP) is 1.29. The van der Waals surface area contributed by atoms with Crippen molar-refractivity contribution in [2.45, 2.75) is 30.4 Å². The van der Waals surface area contributed by atoms with E-state index in [0.717, 1.165) is 19.3 Å². The maximum atomic E-state index is 12.4. The van der Waals surface area contributed by atoms with Crippen LogP contribution in [-0.4, -0.2) is 40.8 Å². The van der Waals surface area contributed by atoms with Crippen molar-refractivity contribution in [1.29, 1.82) is 0 Å². The fraction of sp³-hybridized carbons (Fsp3) is 0.500. The highest BCUT2D eigenvalue weighted by Crippen LogP contribution is 2.25. The molecule has 2 aromatic rings. The summed E-state index contributed by atoms with van der Waals surface area (Å²) in [5.74, 6) is 0. The van der Waals surface area contributed by atoms with Gasteiger partial charge in [0.05, 0.1) is 18.5 Å². The summed E-state index contributed by atoms with van der Waals surface area (Å²) in [6.45, 7) is 0.974. The van der Waals surface area contributed by atoms with Crippen LogP contribution in [0.3, 0.4) is 0 Å². The molecule has 20 heavy (non-hydrogen) atoms. The zero-order valence-corrected chi connectivity index (χ0v) is 11.7. The van der Waals surface area contributed by atoms with Gasteiger partial charge in [-0.2, -0.15) is 4.31 Å². The van der Waals surface area contributed by atoms with Crippen LogP contribution in [-0.2, 0) is 10.0 Å². The molecule has 1 saturated heterocycles. The molecule has 0 amide bonds. The van der Waals surface area contributed by atoms with E-state index in [1.807, 2.05) is 10.9 Å². The monoisotopic (exact) mass is 296 g/mol. The van der Waals surface area contributed by atoms with Crippen LogP contribution in [0.1, 0.15) is 25.3 Å². The molecular weight excluding hydrogens is 280 g/mol. The van der Waals surface area contributed by atoms with Crippen molar-refractivity contribution in [3.63, 3.8) is 0 Å². The van der Waals surface area contributed by atoms with E-state index in [1.54, 1.807) is 12.3 Å². The van der Waals surface area contributed by atoms with E-state index >= 15 is 0 Å². The van der Waals surface area contributed by atoms with Crippen LogP contribution in [0.15, 0.2) is 40.3 Å². The molecule has 1 fully saturated rings. The normalized spacial score (nSPS) is 21.7. The van der Waals surface area contributed by atoms with Crippen LogP contribution in [0, 0.1) is 0 Å². The van der Waals surface area contributed by atoms with Gasteiger partial charge in [0.2, 0.25) is 5.09 Å². The summed E-state index contributed by atoms with van der Waals surface area (Å²) in [7, 11) is -3.51. The molecule has 1 atom stereocenters. The Bertz CT molecular complexity index is 636. The number of hydrogen-bond acceptors (Lipinski definition) is 5. The smallest absolute Gasteiger partial charge is 0.276 e. The lowest BCUT2D eigenvalue weighted by molar-refractivity contribution is 0.371. The first-order valence-electron chi connectivity index (χ1n) is 6.57. The molecule has 0 aliphatic carbocycles. The Hall–Kier alpha value is -1.67. The highest BCUT2D eigenvalue weighted by Gasteiger charge is 2.30. The Balaban J connectivity index is 1.75. The highest BCUT2D eigenvalue weighted by atomic mass is 32.2. The molecule has 0 N–H and O–H groups in total. The zero-order valence-electron chi connectivity index (χ0n) is 10.9. The van der Waals surface area contributed by atoms with Crippen LogP contribution >= 0.6 is 0 Å². The lowest BCUT2D eigenvalue weighted by Gasteiger charge is -2.18. The summed E-state index contributed by atoms with van der Waals surface area (Å²) >= 11 is 0. The van der Waals surface area contributed by atoms with E-state index in [1.165, 1.54) is 16.6 Å². The minimum atomic E-state index is -3.51. The van der Waals surface area contributed by atoms with E-state index < -0.39 is 10.0 Å². The third-order valence-corrected chi connectivity index (χ3v) is 5.35. The summed E-state index contributed by atoms with van der Waals surface area (Å²) in [4.78, 5) is 0. The summed E-state index contributed by atoms with van der Waals surface area (Å²) in [6.07, 6.45) is 7.26. The van der Waals surface area contributed by atoms with Gasteiger partial charge in [0.25, 0.3) is 10.0 Å². The molecule has 0 aromatic carbocycles. The van der Waals surface area contributed by atoms with Crippen molar-refractivity contribution >= 4 is 10.0 Å². The van der Waals surface area contributed by atoms with Crippen molar-refractivity contribution in [3.05, 3.63) is 30.8 Å².